The fourth-order valence-electron chi connectivity index (χ4n) is 2.98. The van der Waals surface area contributed by atoms with Crippen LogP contribution in [0.2, 0.25) is 0 Å². The first-order valence-corrected chi connectivity index (χ1v) is 10.9. The normalized spacial score (nSPS) is 11.3. The van der Waals surface area contributed by atoms with E-state index >= 15 is 0 Å². The Morgan fingerprint density at radius 1 is 1.24 bits per heavy atom. The van der Waals surface area contributed by atoms with Crippen molar-refractivity contribution in [2.45, 2.75) is 24.8 Å². The third-order valence-electron chi connectivity index (χ3n) is 4.70. The Morgan fingerprint density at radius 2 is 1.91 bits per heavy atom. The third kappa shape index (κ3) is 5.22. The molecular formula is C22H22N8O2S. The molecule has 0 bridgehead atoms. The zero-order valence-electron chi connectivity index (χ0n) is 18.6. The van der Waals surface area contributed by atoms with Gasteiger partial charge in [0.2, 0.25) is 5.27 Å². The van der Waals surface area contributed by atoms with Gasteiger partial charge in [0.05, 0.1) is 24.4 Å². The van der Waals surface area contributed by atoms with Crippen LogP contribution >= 0.6 is 11.8 Å². The first-order valence-electron chi connectivity index (χ1n) is 9.92. The molecule has 0 radical (unpaired) electrons. The van der Waals surface area contributed by atoms with Gasteiger partial charge in [-0.2, -0.15) is 15.5 Å². The number of thioether (sulfide) groups is 1. The first-order chi connectivity index (χ1) is 15.7. The number of benzene rings is 1. The molecule has 10 nitrogen and oxygen atoms in total. The van der Waals surface area contributed by atoms with Crippen molar-refractivity contribution in [3.63, 3.8) is 0 Å². The molecule has 11 heteroatoms. The molecule has 2 N–H and O–H groups in total. The van der Waals surface area contributed by atoms with Gasteiger partial charge in [0.25, 0.3) is 6.20 Å². The van der Waals surface area contributed by atoms with E-state index in [1.807, 2.05) is 24.3 Å². The summed E-state index contributed by atoms with van der Waals surface area (Å²) in [6.07, 6.45) is 1.46. The lowest BCUT2D eigenvalue weighted by Gasteiger charge is -2.15. The van der Waals surface area contributed by atoms with Crippen LogP contribution in [0.15, 0.2) is 45.0 Å². The van der Waals surface area contributed by atoms with Gasteiger partial charge in [-0.3, -0.25) is 4.52 Å². The Hall–Kier alpha value is -4.09. The van der Waals surface area contributed by atoms with Crippen molar-refractivity contribution in [2.24, 2.45) is 4.99 Å². The van der Waals surface area contributed by atoms with E-state index in [-0.39, 0.29) is 33.6 Å². The average molecular weight is 463 g/mol. The number of aliphatic imine (C=N–C) groups is 1. The highest BCUT2D eigenvalue weighted by Crippen LogP contribution is 2.36. The molecule has 0 aliphatic heterocycles. The summed E-state index contributed by atoms with van der Waals surface area (Å²) in [5.41, 5.74) is 8.55. The molecule has 33 heavy (non-hydrogen) atoms. The highest BCUT2D eigenvalue weighted by Gasteiger charge is 2.21. The standard InChI is InChI=1S/C22H22N8O2S/c1-13(2)14-5-7-15(8-6-14)20-16(9-23)21(25)27-22(17(20)10-24)33-12-18(31)26-19-11-30(28-32-19)29(3)4/h5-8,11,13H,12H2,1-4H3,(H2-,25,26,27,28,31). The fraction of sp³-hybridized carbons (Fsp3) is 0.273. The molecule has 0 aliphatic rings. The summed E-state index contributed by atoms with van der Waals surface area (Å²) in [6.45, 7) is 4.16. The van der Waals surface area contributed by atoms with Crippen LogP contribution in [0, 0.1) is 22.7 Å². The molecule has 0 saturated heterocycles. The van der Waals surface area contributed by atoms with Crippen LogP contribution in [-0.4, -0.2) is 36.0 Å². The van der Waals surface area contributed by atoms with Crippen molar-refractivity contribution in [2.75, 3.05) is 30.6 Å². The SMILES string of the molecule is CC(C)c1ccc(-c2c(C#N)c(N)nc(SC/C([O-])=N\c3c[n+](N(C)C)no3)c2C#N)cc1. The average Bonchev–Trinajstić information content (AvgIpc) is 3.26. The Bertz CT molecular complexity index is 1270. The molecule has 2 aromatic heterocycles. The number of aromatic nitrogens is 3. The van der Waals surface area contributed by atoms with Crippen molar-refractivity contribution in [1.82, 2.24) is 10.3 Å². The number of anilines is 1. The second-order valence-electron chi connectivity index (χ2n) is 7.53. The van der Waals surface area contributed by atoms with Gasteiger partial charge in [-0.25, -0.2) is 9.98 Å². The maximum absolute atomic E-state index is 12.3. The Kier molecular flexibility index (Phi) is 7.16. The molecule has 0 saturated carbocycles. The number of hydrogen-bond acceptors (Lipinski definition) is 10. The highest BCUT2D eigenvalue weighted by atomic mass is 32.2. The van der Waals surface area contributed by atoms with Gasteiger partial charge in [-0.05, 0) is 22.9 Å². The first kappa shape index (κ1) is 23.6. The lowest BCUT2D eigenvalue weighted by atomic mass is 9.94. The van der Waals surface area contributed by atoms with E-state index < -0.39 is 5.90 Å². The summed E-state index contributed by atoms with van der Waals surface area (Å²) in [6, 6.07) is 11.8. The van der Waals surface area contributed by atoms with Crippen LogP contribution in [0.3, 0.4) is 0 Å². The molecule has 0 unspecified atom stereocenters. The molecule has 3 aromatic rings. The van der Waals surface area contributed by atoms with E-state index in [0.717, 1.165) is 17.3 Å². The van der Waals surface area contributed by atoms with E-state index in [1.165, 1.54) is 11.0 Å². The highest BCUT2D eigenvalue weighted by molar-refractivity contribution is 8.00. The molecule has 168 valence electrons. The smallest absolute Gasteiger partial charge is 0.324 e. The van der Waals surface area contributed by atoms with Gasteiger partial charge in [0.15, 0.2) is 0 Å². The lowest BCUT2D eigenvalue weighted by Crippen LogP contribution is -2.53. The van der Waals surface area contributed by atoms with Crippen molar-refractivity contribution >= 4 is 29.4 Å². The summed E-state index contributed by atoms with van der Waals surface area (Å²) in [7, 11) is 3.50. The topological polar surface area (TPSA) is 155 Å². The van der Waals surface area contributed by atoms with Gasteiger partial charge in [-0.1, -0.05) is 49.9 Å². The minimum Gasteiger partial charge on any atom is -0.861 e. The summed E-state index contributed by atoms with van der Waals surface area (Å²) < 4.78 is 5.00. The second-order valence-corrected chi connectivity index (χ2v) is 8.49. The van der Waals surface area contributed by atoms with Gasteiger partial charge in [0.1, 0.15) is 28.5 Å². The van der Waals surface area contributed by atoms with Crippen molar-refractivity contribution < 1.29 is 14.4 Å². The molecule has 0 fully saturated rings. The van der Waals surface area contributed by atoms with E-state index in [1.54, 1.807) is 19.1 Å². The monoisotopic (exact) mass is 462 g/mol. The number of nitrogens with two attached hydrogens (primary N) is 1. The zero-order valence-corrected chi connectivity index (χ0v) is 19.4. The molecule has 0 spiro atoms. The second kappa shape index (κ2) is 10.0. The fourth-order valence-corrected chi connectivity index (χ4v) is 3.76. The van der Waals surface area contributed by atoms with Gasteiger partial charge in [-0.15, -0.1) is 0 Å². The van der Waals surface area contributed by atoms with Crippen LogP contribution in [0.25, 0.3) is 11.1 Å². The molecule has 0 amide bonds. The summed E-state index contributed by atoms with van der Waals surface area (Å²) >= 11 is 1.02. The van der Waals surface area contributed by atoms with Gasteiger partial charge in [0, 0.05) is 11.3 Å². The van der Waals surface area contributed by atoms with Crippen molar-refractivity contribution in [3.05, 3.63) is 47.2 Å². The number of rotatable bonds is 7. The van der Waals surface area contributed by atoms with E-state index in [0.29, 0.717) is 17.0 Å². The lowest BCUT2D eigenvalue weighted by molar-refractivity contribution is -0.753. The van der Waals surface area contributed by atoms with Crippen LogP contribution in [-0.2, 0) is 0 Å². The van der Waals surface area contributed by atoms with Crippen LogP contribution < -0.4 is 20.6 Å². The number of hydrogen-bond donors (Lipinski definition) is 1. The number of nitriles is 2. The maximum atomic E-state index is 12.3. The Balaban J connectivity index is 1.95. The minimum absolute atomic E-state index is 0.00594. The van der Waals surface area contributed by atoms with Crippen LogP contribution in [0.1, 0.15) is 36.5 Å². The number of nitrogens with zero attached hydrogens (tertiary/aromatic N) is 7. The molecule has 3 rings (SSSR count). The van der Waals surface area contributed by atoms with Crippen LogP contribution in [0.4, 0.5) is 11.7 Å². The van der Waals surface area contributed by atoms with Gasteiger partial charge < -0.3 is 10.8 Å². The predicted octanol–water partition coefficient (Wildman–Crippen LogP) is 1.85. The molecule has 2 heterocycles. The molecule has 0 atom stereocenters. The third-order valence-corrected chi connectivity index (χ3v) is 5.66. The molecule has 1 aromatic carbocycles. The summed E-state index contributed by atoms with van der Waals surface area (Å²) in [4.78, 5) is 9.45. The number of pyridine rings is 1. The number of nitrogen functional groups attached to an aromatic ring is 1. The maximum Gasteiger partial charge on any atom is 0.324 e. The largest absolute Gasteiger partial charge is 0.861 e. The summed E-state index contributed by atoms with van der Waals surface area (Å²) in [5.74, 6) is -0.230. The Labute approximate surface area is 195 Å². The molecule has 0 aliphatic carbocycles. The predicted molar refractivity (Wildman–Crippen MR) is 122 cm³/mol. The van der Waals surface area contributed by atoms with E-state index in [9.17, 15) is 15.6 Å². The van der Waals surface area contributed by atoms with Crippen molar-refractivity contribution in [1.29, 1.82) is 10.5 Å². The van der Waals surface area contributed by atoms with Crippen molar-refractivity contribution in [3.8, 4) is 23.3 Å². The zero-order chi connectivity index (χ0) is 24.1. The van der Waals surface area contributed by atoms with E-state index in [2.05, 4.69) is 41.2 Å². The van der Waals surface area contributed by atoms with E-state index in [4.69, 9.17) is 10.3 Å². The summed E-state index contributed by atoms with van der Waals surface area (Å²) in [5, 5.41) is 37.5. The Morgan fingerprint density at radius 3 is 2.45 bits per heavy atom. The molecular weight excluding hydrogens is 440 g/mol. The minimum atomic E-state index is -0.501. The van der Waals surface area contributed by atoms with Crippen LogP contribution in [0.5, 0.6) is 0 Å². The quantitative estimate of drug-likeness (QED) is 0.240. The van der Waals surface area contributed by atoms with Gasteiger partial charge >= 0.3 is 5.88 Å².